The summed E-state index contributed by atoms with van der Waals surface area (Å²) in [4.78, 5) is 44.9. The number of carbonyl (C=O) groups is 1. The first kappa shape index (κ1) is 28.9. The minimum absolute atomic E-state index is 0.0101. The van der Waals surface area contributed by atoms with Crippen LogP contribution in [0.1, 0.15) is 37.9 Å². The topological polar surface area (TPSA) is 116 Å². The van der Waals surface area contributed by atoms with Crippen molar-refractivity contribution in [3.63, 3.8) is 0 Å². The van der Waals surface area contributed by atoms with Crippen LogP contribution in [0.5, 0.6) is 5.75 Å². The molecular weight excluding hydrogens is 589 g/mol. The van der Waals surface area contributed by atoms with Crippen molar-refractivity contribution >= 4 is 51.6 Å². The van der Waals surface area contributed by atoms with Gasteiger partial charge in [0.2, 0.25) is 5.91 Å². The maximum Gasteiger partial charge on any atom is 0.355 e. The predicted molar refractivity (Wildman–Crippen MR) is 170 cm³/mol. The number of benzene rings is 1. The van der Waals surface area contributed by atoms with Crippen molar-refractivity contribution in [2.45, 2.75) is 45.7 Å². The van der Waals surface area contributed by atoms with Gasteiger partial charge in [0.05, 0.1) is 49.8 Å². The summed E-state index contributed by atoms with van der Waals surface area (Å²) in [7, 11) is 0. The number of nitrogens with zero attached hydrogens (tertiary/aromatic N) is 6. The lowest BCUT2D eigenvalue weighted by Gasteiger charge is -2.45. The summed E-state index contributed by atoms with van der Waals surface area (Å²) < 4.78 is 1.48. The van der Waals surface area contributed by atoms with Crippen LogP contribution in [0.25, 0.3) is 28.0 Å². The van der Waals surface area contributed by atoms with E-state index >= 15 is 0 Å². The Balaban J connectivity index is 1.73. The van der Waals surface area contributed by atoms with Gasteiger partial charge in [-0.05, 0) is 49.6 Å². The Kier molecular flexibility index (Phi) is 7.30. The summed E-state index contributed by atoms with van der Waals surface area (Å²) in [6, 6.07) is 6.21. The molecule has 12 heteroatoms. The molecule has 2 atom stereocenters. The van der Waals surface area contributed by atoms with Gasteiger partial charge in [-0.1, -0.05) is 49.7 Å². The number of anilines is 2. The Labute approximate surface area is 258 Å². The molecule has 2 unspecified atom stereocenters. The quantitative estimate of drug-likeness (QED) is 0.295. The number of aromatic nitrogens is 4. The Morgan fingerprint density at radius 1 is 1.21 bits per heavy atom. The number of nitrogens with one attached hydrogen (secondary N) is 1. The molecule has 2 N–H and O–H groups in total. The second-order valence-electron chi connectivity index (χ2n) is 11.3. The molecule has 0 spiro atoms. The minimum atomic E-state index is -0.534. The van der Waals surface area contributed by atoms with E-state index in [4.69, 9.17) is 28.2 Å². The molecule has 1 aromatic carbocycles. The zero-order valence-corrected chi connectivity index (χ0v) is 25.7. The first-order chi connectivity index (χ1) is 20.5. The lowest BCUT2D eigenvalue weighted by Crippen LogP contribution is -2.61. The molecule has 3 aromatic heterocycles. The summed E-state index contributed by atoms with van der Waals surface area (Å²) in [6.45, 7) is 12.8. The number of hydrogen-bond donors (Lipinski definition) is 2. The van der Waals surface area contributed by atoms with Gasteiger partial charge in [0.25, 0.3) is 0 Å². The fraction of sp³-hybridized carbons (Fsp3) is 0.323. The van der Waals surface area contributed by atoms with E-state index in [9.17, 15) is 14.7 Å². The minimum Gasteiger partial charge on any atom is -0.507 e. The van der Waals surface area contributed by atoms with Crippen LogP contribution < -0.4 is 15.9 Å². The molecule has 0 radical (unpaired) electrons. The molecule has 2 aliphatic rings. The van der Waals surface area contributed by atoms with Crippen LogP contribution in [-0.2, 0) is 4.79 Å². The van der Waals surface area contributed by atoms with E-state index in [1.54, 1.807) is 23.2 Å². The monoisotopic (exact) mass is 619 g/mol. The maximum absolute atomic E-state index is 14.2. The lowest BCUT2D eigenvalue weighted by molar-refractivity contribution is -0.127. The highest BCUT2D eigenvalue weighted by Crippen LogP contribution is 2.47. The largest absolute Gasteiger partial charge is 0.507 e. The summed E-state index contributed by atoms with van der Waals surface area (Å²) in [5.74, 6) is 0.155. The van der Waals surface area contributed by atoms with Crippen LogP contribution >= 0.6 is 23.2 Å². The standard InChI is InChI=1S/C31H31Cl2N7O3/c1-6-21(42)38-13-17(5)39-18(14-38)12-35-26-23-29(36-27(24(26)33)22-19(32)8-7-9-20(22)41)40(31(43)37-30(23)39)28-16(4)10-11-34-25(28)15(2)3/h6-11,15,17-18,35,41H,1,12-14H2,2-5H3. The van der Waals surface area contributed by atoms with Gasteiger partial charge in [-0.25, -0.2) is 14.3 Å². The van der Waals surface area contributed by atoms with Crippen LogP contribution in [0.3, 0.4) is 0 Å². The second-order valence-corrected chi connectivity index (χ2v) is 12.1. The molecule has 10 nitrogen and oxygen atoms in total. The van der Waals surface area contributed by atoms with Crippen molar-refractivity contribution in [3.05, 3.63) is 74.9 Å². The van der Waals surface area contributed by atoms with E-state index in [1.165, 1.54) is 16.7 Å². The highest BCUT2D eigenvalue weighted by molar-refractivity contribution is 6.39. The van der Waals surface area contributed by atoms with Crippen molar-refractivity contribution in [2.75, 3.05) is 29.9 Å². The highest BCUT2D eigenvalue weighted by Gasteiger charge is 2.39. The van der Waals surface area contributed by atoms with Crippen molar-refractivity contribution < 1.29 is 9.90 Å². The fourth-order valence-corrected chi connectivity index (χ4v) is 6.78. The fourth-order valence-electron chi connectivity index (χ4n) is 6.22. The molecule has 0 bridgehead atoms. The zero-order chi connectivity index (χ0) is 30.7. The van der Waals surface area contributed by atoms with E-state index in [1.807, 2.05) is 33.8 Å². The molecule has 1 saturated heterocycles. The molecule has 1 fully saturated rings. The van der Waals surface area contributed by atoms with Crippen LogP contribution in [0.4, 0.5) is 11.5 Å². The van der Waals surface area contributed by atoms with Crippen LogP contribution in [-0.4, -0.2) is 67.2 Å². The third-order valence-electron chi connectivity index (χ3n) is 8.13. The van der Waals surface area contributed by atoms with E-state index in [0.717, 1.165) is 5.56 Å². The SMILES string of the molecule is C=CC(=O)N1CC(C)N2c3nc(=O)n(-c4c(C)ccnc4C(C)C)c4nc(-c5c(O)cccc5Cl)c(Cl)c(c34)NCC2C1. The molecule has 2 aliphatic heterocycles. The average molecular weight is 621 g/mol. The zero-order valence-electron chi connectivity index (χ0n) is 24.2. The third-order valence-corrected chi connectivity index (χ3v) is 8.81. The second kappa shape index (κ2) is 10.8. The first-order valence-electron chi connectivity index (χ1n) is 14.1. The number of amides is 1. The molecule has 1 amide bonds. The van der Waals surface area contributed by atoms with E-state index in [2.05, 4.69) is 26.8 Å². The maximum atomic E-state index is 14.2. The first-order valence-corrected chi connectivity index (χ1v) is 14.8. The van der Waals surface area contributed by atoms with E-state index in [-0.39, 0.29) is 51.0 Å². The summed E-state index contributed by atoms with van der Waals surface area (Å²) in [5, 5.41) is 15.4. The Morgan fingerprint density at radius 2 is 1.98 bits per heavy atom. The van der Waals surface area contributed by atoms with Gasteiger partial charge in [0, 0.05) is 31.9 Å². The van der Waals surface area contributed by atoms with Crippen LogP contribution in [0.2, 0.25) is 10.0 Å². The molecule has 0 saturated carbocycles. The molecular formula is C31H31Cl2N7O3. The number of rotatable bonds is 4. The van der Waals surface area contributed by atoms with E-state index in [0.29, 0.717) is 53.6 Å². The number of aromatic hydroxyl groups is 1. The van der Waals surface area contributed by atoms with Crippen molar-refractivity contribution in [2.24, 2.45) is 0 Å². The van der Waals surface area contributed by atoms with Gasteiger partial charge >= 0.3 is 5.69 Å². The molecule has 222 valence electrons. The van der Waals surface area contributed by atoms with E-state index < -0.39 is 5.69 Å². The van der Waals surface area contributed by atoms with Crippen LogP contribution in [0, 0.1) is 6.92 Å². The van der Waals surface area contributed by atoms with Gasteiger partial charge < -0.3 is 20.2 Å². The summed E-state index contributed by atoms with van der Waals surface area (Å²) in [6.07, 6.45) is 3.03. The van der Waals surface area contributed by atoms with Gasteiger partial charge in [-0.3, -0.25) is 9.78 Å². The van der Waals surface area contributed by atoms with Crippen molar-refractivity contribution in [1.29, 1.82) is 0 Å². The number of pyridine rings is 2. The smallest absolute Gasteiger partial charge is 0.355 e. The van der Waals surface area contributed by atoms with Gasteiger partial charge in [-0.15, -0.1) is 0 Å². The van der Waals surface area contributed by atoms with Gasteiger partial charge in [0.1, 0.15) is 11.6 Å². The number of aryl methyl sites for hydroxylation is 1. The Bertz CT molecular complexity index is 1850. The van der Waals surface area contributed by atoms with Gasteiger partial charge in [0.15, 0.2) is 5.65 Å². The average Bonchev–Trinajstić information content (AvgIpc) is 3.13. The highest BCUT2D eigenvalue weighted by atomic mass is 35.5. The Morgan fingerprint density at radius 3 is 2.67 bits per heavy atom. The number of piperazine rings is 1. The van der Waals surface area contributed by atoms with Crippen molar-refractivity contribution in [1.82, 2.24) is 24.4 Å². The number of phenols is 1. The Hall–Kier alpha value is -4.15. The molecule has 43 heavy (non-hydrogen) atoms. The normalized spacial score (nSPS) is 17.9. The number of halogens is 2. The molecule has 5 heterocycles. The molecule has 0 aliphatic carbocycles. The number of fused-ring (bicyclic) bond motifs is 2. The number of hydrogen-bond acceptors (Lipinski definition) is 8. The third kappa shape index (κ3) is 4.60. The summed E-state index contributed by atoms with van der Waals surface area (Å²) >= 11 is 13.7. The lowest BCUT2D eigenvalue weighted by atomic mass is 10.0. The predicted octanol–water partition coefficient (Wildman–Crippen LogP) is 5.30. The summed E-state index contributed by atoms with van der Waals surface area (Å²) in [5.41, 5.74) is 2.86. The van der Waals surface area contributed by atoms with Crippen LogP contribution in [0.15, 0.2) is 47.9 Å². The molecule has 6 rings (SSSR count). The van der Waals surface area contributed by atoms with Gasteiger partial charge in [-0.2, -0.15) is 4.98 Å². The number of phenolic OH excluding ortho intramolecular Hbond substituents is 1. The molecule has 4 aromatic rings. The number of carbonyl (C=O) groups excluding carboxylic acids is 1. The van der Waals surface area contributed by atoms with Crippen molar-refractivity contribution in [3.8, 4) is 22.7 Å².